The number of rotatable bonds is 7. The first kappa shape index (κ1) is 20.0. The molecule has 1 aliphatic carbocycles. The van der Waals surface area contributed by atoms with Crippen molar-refractivity contribution in [1.82, 2.24) is 10.2 Å². The van der Waals surface area contributed by atoms with Gasteiger partial charge in [0, 0.05) is 44.3 Å². The van der Waals surface area contributed by atoms with Gasteiger partial charge in [0.2, 0.25) is 12.7 Å². The Morgan fingerprint density at radius 3 is 2.52 bits per heavy atom. The Labute approximate surface area is 182 Å². The van der Waals surface area contributed by atoms with E-state index >= 15 is 0 Å². The molecule has 0 radical (unpaired) electrons. The molecule has 1 N–H and O–H groups in total. The molecule has 0 aromatic heterocycles. The molecule has 1 amide bonds. The van der Waals surface area contributed by atoms with E-state index in [0.717, 1.165) is 61.8 Å². The summed E-state index contributed by atoms with van der Waals surface area (Å²) >= 11 is 0. The molecule has 0 unspecified atom stereocenters. The molecule has 2 aromatic carbocycles. The lowest BCUT2D eigenvalue weighted by Crippen LogP contribution is -2.50. The molecule has 2 aliphatic heterocycles. The van der Waals surface area contributed by atoms with E-state index in [1.165, 1.54) is 5.69 Å². The van der Waals surface area contributed by atoms with Crippen LogP contribution in [0.3, 0.4) is 0 Å². The van der Waals surface area contributed by atoms with Crippen LogP contribution in [0.15, 0.2) is 42.5 Å². The van der Waals surface area contributed by atoms with Crippen molar-refractivity contribution in [3.05, 3.63) is 48.0 Å². The Hall–Kier alpha value is -2.93. The van der Waals surface area contributed by atoms with E-state index in [9.17, 15) is 4.79 Å². The lowest BCUT2D eigenvalue weighted by molar-refractivity contribution is -0.122. The maximum absolute atomic E-state index is 12.3. The number of benzene rings is 2. The van der Waals surface area contributed by atoms with E-state index < -0.39 is 0 Å². The van der Waals surface area contributed by atoms with Gasteiger partial charge in [-0.15, -0.1) is 0 Å². The van der Waals surface area contributed by atoms with Gasteiger partial charge in [0.15, 0.2) is 11.5 Å². The number of nitrogens with one attached hydrogen (secondary N) is 1. The Morgan fingerprint density at radius 1 is 1.06 bits per heavy atom. The predicted octanol–water partition coefficient (Wildman–Crippen LogP) is 2.81. The molecule has 31 heavy (non-hydrogen) atoms. The first-order valence-electron chi connectivity index (χ1n) is 11.0. The van der Waals surface area contributed by atoms with Gasteiger partial charge in [0.25, 0.3) is 0 Å². The molecule has 0 bridgehead atoms. The van der Waals surface area contributed by atoms with Gasteiger partial charge in [-0.05, 0) is 54.8 Å². The molecular weight excluding hydrogens is 394 g/mol. The third-order valence-corrected chi connectivity index (χ3v) is 6.39. The second kappa shape index (κ2) is 8.67. The van der Waals surface area contributed by atoms with Crippen LogP contribution in [0.2, 0.25) is 0 Å². The standard InChI is InChI=1S/C24H29N3O4/c1-29-20-7-5-19(6-8-20)26-10-12-27(13-11-26)21(15-25-24(28)17-2-3-17)18-4-9-22-23(14-18)31-16-30-22/h4-9,14,17,21H,2-3,10-13,15-16H2,1H3,(H,25,28)/t21-/m1/s1. The van der Waals surface area contributed by atoms with E-state index in [0.29, 0.717) is 6.54 Å². The van der Waals surface area contributed by atoms with Crippen molar-refractivity contribution in [1.29, 1.82) is 0 Å². The largest absolute Gasteiger partial charge is 0.497 e. The van der Waals surface area contributed by atoms with Crippen LogP contribution in [0.1, 0.15) is 24.4 Å². The Balaban J connectivity index is 1.28. The van der Waals surface area contributed by atoms with Crippen LogP contribution in [-0.4, -0.2) is 57.4 Å². The topological polar surface area (TPSA) is 63.3 Å². The number of anilines is 1. The van der Waals surface area contributed by atoms with Crippen LogP contribution in [0.4, 0.5) is 5.69 Å². The van der Waals surface area contributed by atoms with Crippen molar-refractivity contribution >= 4 is 11.6 Å². The fourth-order valence-electron chi connectivity index (χ4n) is 4.35. The smallest absolute Gasteiger partial charge is 0.231 e. The minimum Gasteiger partial charge on any atom is -0.497 e. The third kappa shape index (κ3) is 4.42. The zero-order valence-corrected chi connectivity index (χ0v) is 17.9. The van der Waals surface area contributed by atoms with E-state index in [4.69, 9.17) is 14.2 Å². The average molecular weight is 424 g/mol. The van der Waals surface area contributed by atoms with Crippen molar-refractivity contribution in [3.63, 3.8) is 0 Å². The van der Waals surface area contributed by atoms with Gasteiger partial charge in [0.05, 0.1) is 13.2 Å². The van der Waals surface area contributed by atoms with Gasteiger partial charge in [-0.2, -0.15) is 0 Å². The summed E-state index contributed by atoms with van der Waals surface area (Å²) in [7, 11) is 1.69. The number of carbonyl (C=O) groups excluding carboxylic acids is 1. The molecule has 164 valence electrons. The SMILES string of the molecule is COc1ccc(N2CCN([C@H](CNC(=O)C3CC3)c3ccc4c(c3)OCO4)CC2)cc1. The summed E-state index contributed by atoms with van der Waals surface area (Å²) in [5.41, 5.74) is 2.36. The number of nitrogens with zero attached hydrogens (tertiary/aromatic N) is 2. The molecule has 1 saturated carbocycles. The number of amides is 1. The van der Waals surface area contributed by atoms with Crippen LogP contribution in [-0.2, 0) is 4.79 Å². The van der Waals surface area contributed by atoms with Gasteiger partial charge < -0.3 is 24.4 Å². The molecule has 2 aromatic rings. The van der Waals surface area contributed by atoms with Gasteiger partial charge >= 0.3 is 0 Å². The maximum atomic E-state index is 12.3. The van der Waals surface area contributed by atoms with Crippen LogP contribution in [0.5, 0.6) is 17.2 Å². The summed E-state index contributed by atoms with van der Waals surface area (Å²) in [6.07, 6.45) is 2.03. The lowest BCUT2D eigenvalue weighted by atomic mass is 10.0. The molecular formula is C24H29N3O4. The van der Waals surface area contributed by atoms with E-state index in [1.54, 1.807) is 7.11 Å². The molecule has 1 atom stereocenters. The molecule has 7 nitrogen and oxygen atoms in total. The number of methoxy groups -OCH3 is 1. The minimum atomic E-state index is 0.107. The van der Waals surface area contributed by atoms with Crippen molar-refractivity contribution in [2.45, 2.75) is 18.9 Å². The Kier molecular flexibility index (Phi) is 5.59. The Morgan fingerprint density at radius 2 is 1.81 bits per heavy atom. The molecule has 5 rings (SSSR count). The highest BCUT2D eigenvalue weighted by Crippen LogP contribution is 2.36. The normalized spacial score (nSPS) is 19.2. The van der Waals surface area contributed by atoms with Crippen LogP contribution in [0, 0.1) is 5.92 Å². The minimum absolute atomic E-state index is 0.107. The number of hydrogen-bond donors (Lipinski definition) is 1. The fourth-order valence-corrected chi connectivity index (χ4v) is 4.35. The van der Waals surface area contributed by atoms with E-state index in [-0.39, 0.29) is 24.7 Å². The van der Waals surface area contributed by atoms with Gasteiger partial charge in [-0.3, -0.25) is 9.69 Å². The highest BCUT2D eigenvalue weighted by Gasteiger charge is 2.32. The number of piperazine rings is 1. The van der Waals surface area contributed by atoms with Crippen LogP contribution < -0.4 is 24.4 Å². The van der Waals surface area contributed by atoms with Gasteiger partial charge in [0.1, 0.15) is 5.75 Å². The lowest BCUT2D eigenvalue weighted by Gasteiger charge is -2.40. The summed E-state index contributed by atoms with van der Waals surface area (Å²) in [6, 6.07) is 14.5. The fraction of sp³-hybridized carbons (Fsp3) is 0.458. The summed E-state index contributed by atoms with van der Waals surface area (Å²) < 4.78 is 16.3. The average Bonchev–Trinajstić information content (AvgIpc) is 3.57. The van der Waals surface area contributed by atoms with Crippen molar-refractivity contribution in [3.8, 4) is 17.2 Å². The molecule has 2 fully saturated rings. The van der Waals surface area contributed by atoms with E-state index in [2.05, 4.69) is 39.4 Å². The second-order valence-electron chi connectivity index (χ2n) is 8.37. The second-order valence-corrected chi connectivity index (χ2v) is 8.37. The molecule has 3 aliphatic rings. The monoisotopic (exact) mass is 423 g/mol. The number of carbonyl (C=O) groups is 1. The number of hydrogen-bond acceptors (Lipinski definition) is 6. The predicted molar refractivity (Wildman–Crippen MR) is 118 cm³/mol. The summed E-state index contributed by atoms with van der Waals surface area (Å²) in [4.78, 5) is 17.2. The van der Waals surface area contributed by atoms with Gasteiger partial charge in [-0.1, -0.05) is 6.07 Å². The zero-order valence-electron chi connectivity index (χ0n) is 17.9. The maximum Gasteiger partial charge on any atom is 0.231 e. The molecule has 0 spiro atoms. The van der Waals surface area contributed by atoms with Gasteiger partial charge in [-0.25, -0.2) is 0 Å². The van der Waals surface area contributed by atoms with Crippen LogP contribution >= 0.6 is 0 Å². The third-order valence-electron chi connectivity index (χ3n) is 6.39. The van der Waals surface area contributed by atoms with Crippen molar-refractivity contribution in [2.75, 3.05) is 51.5 Å². The van der Waals surface area contributed by atoms with Crippen LogP contribution in [0.25, 0.3) is 0 Å². The first-order valence-corrected chi connectivity index (χ1v) is 11.0. The highest BCUT2D eigenvalue weighted by atomic mass is 16.7. The first-order chi connectivity index (χ1) is 15.2. The Bertz CT molecular complexity index is 921. The number of fused-ring (bicyclic) bond motifs is 1. The highest BCUT2D eigenvalue weighted by molar-refractivity contribution is 5.80. The summed E-state index contributed by atoms with van der Waals surface area (Å²) in [5.74, 6) is 2.84. The summed E-state index contributed by atoms with van der Waals surface area (Å²) in [6.45, 7) is 4.59. The zero-order chi connectivity index (χ0) is 21.2. The molecule has 2 heterocycles. The molecule has 7 heteroatoms. The number of ether oxygens (including phenoxy) is 3. The van der Waals surface area contributed by atoms with Crippen molar-refractivity contribution < 1.29 is 19.0 Å². The van der Waals surface area contributed by atoms with E-state index in [1.807, 2.05) is 18.2 Å². The summed E-state index contributed by atoms with van der Waals surface area (Å²) in [5, 5.41) is 3.18. The van der Waals surface area contributed by atoms with Crippen molar-refractivity contribution in [2.24, 2.45) is 5.92 Å². The quantitative estimate of drug-likeness (QED) is 0.739. The molecule has 1 saturated heterocycles.